The normalized spacial score (nSPS) is 11.0. The third-order valence-corrected chi connectivity index (χ3v) is 5.16. The number of ether oxygens (including phenoxy) is 2. The third kappa shape index (κ3) is 6.48. The third-order valence-electron chi connectivity index (χ3n) is 5.16. The Kier molecular flexibility index (Phi) is 8.46. The smallest absolute Gasteiger partial charge is 0.373 e. The summed E-state index contributed by atoms with van der Waals surface area (Å²) in [6.45, 7) is 6.25. The quantitative estimate of drug-likeness (QED) is 0.245. The van der Waals surface area contributed by atoms with Crippen LogP contribution in [0.25, 0.3) is 17.2 Å². The van der Waals surface area contributed by atoms with E-state index in [1.807, 2.05) is 86.6 Å². The fourth-order valence-electron chi connectivity index (χ4n) is 3.30. The van der Waals surface area contributed by atoms with Crippen LogP contribution in [0, 0.1) is 6.92 Å². The molecule has 0 radical (unpaired) electrons. The maximum absolute atomic E-state index is 12.7. The van der Waals surface area contributed by atoms with Gasteiger partial charge in [0.25, 0.3) is 0 Å². The maximum Gasteiger partial charge on any atom is 0.373 e. The summed E-state index contributed by atoms with van der Waals surface area (Å²) in [7, 11) is 1.74. The van der Waals surface area contributed by atoms with Crippen LogP contribution in [0.1, 0.15) is 25.0 Å². The monoisotopic (exact) mass is 458 g/mol. The molecule has 0 saturated heterocycles. The zero-order valence-electron chi connectivity index (χ0n) is 20.0. The van der Waals surface area contributed by atoms with E-state index in [1.54, 1.807) is 24.9 Å². The largest absolute Gasteiger partial charge is 0.487 e. The summed E-state index contributed by atoms with van der Waals surface area (Å²) in [5.41, 5.74) is 5.43. The first-order valence-corrected chi connectivity index (χ1v) is 11.2. The topological polar surface area (TPSA) is 67.9 Å². The summed E-state index contributed by atoms with van der Waals surface area (Å²) in [5.74, 6) is -0.298. The van der Waals surface area contributed by atoms with E-state index < -0.39 is 5.97 Å². The van der Waals surface area contributed by atoms with E-state index in [4.69, 9.17) is 9.47 Å². The Labute approximate surface area is 200 Å². The van der Waals surface area contributed by atoms with Gasteiger partial charge in [0.15, 0.2) is 0 Å². The van der Waals surface area contributed by atoms with Gasteiger partial charge < -0.3 is 14.8 Å². The first-order chi connectivity index (χ1) is 16.4. The predicted octanol–water partition coefficient (Wildman–Crippen LogP) is 6.27. The molecular formula is C28H30N2O4. The first kappa shape index (κ1) is 24.6. The Bertz CT molecular complexity index is 1150. The van der Waals surface area contributed by atoms with Crippen molar-refractivity contribution in [3.63, 3.8) is 0 Å². The van der Waals surface area contributed by atoms with Crippen LogP contribution in [-0.4, -0.2) is 32.3 Å². The van der Waals surface area contributed by atoms with Crippen molar-refractivity contribution in [2.24, 2.45) is 0 Å². The molecule has 34 heavy (non-hydrogen) atoms. The van der Waals surface area contributed by atoms with E-state index in [0.717, 1.165) is 33.6 Å². The van der Waals surface area contributed by atoms with Crippen molar-refractivity contribution < 1.29 is 19.1 Å². The van der Waals surface area contributed by atoms with Crippen LogP contribution in [0.15, 0.2) is 78.6 Å². The highest BCUT2D eigenvalue weighted by Crippen LogP contribution is 2.26. The Morgan fingerprint density at radius 2 is 1.56 bits per heavy atom. The molecule has 3 aromatic carbocycles. The van der Waals surface area contributed by atoms with Gasteiger partial charge in [-0.1, -0.05) is 54.1 Å². The average molecular weight is 459 g/mol. The molecule has 6 heteroatoms. The van der Waals surface area contributed by atoms with Crippen LogP contribution < -0.4 is 10.2 Å². The molecular weight excluding hydrogens is 428 g/mol. The second-order valence-electron chi connectivity index (χ2n) is 7.69. The molecule has 0 aliphatic carbocycles. The molecule has 6 nitrogen and oxygen atoms in total. The van der Waals surface area contributed by atoms with E-state index in [9.17, 15) is 9.59 Å². The molecule has 2 amide bonds. The van der Waals surface area contributed by atoms with Crippen LogP contribution in [0.2, 0.25) is 0 Å². The Balaban J connectivity index is 1.75. The lowest BCUT2D eigenvalue weighted by Gasteiger charge is -2.19. The highest BCUT2D eigenvalue weighted by Gasteiger charge is 2.13. The highest BCUT2D eigenvalue weighted by atomic mass is 16.6. The molecule has 1 N–H and O–H groups in total. The number of nitrogens with one attached hydrogen (secondary N) is 1. The molecule has 0 aliphatic heterocycles. The van der Waals surface area contributed by atoms with E-state index in [0.29, 0.717) is 6.61 Å². The van der Waals surface area contributed by atoms with Crippen molar-refractivity contribution in [3.8, 4) is 11.1 Å². The van der Waals surface area contributed by atoms with Crippen LogP contribution in [0.4, 0.5) is 16.2 Å². The summed E-state index contributed by atoms with van der Waals surface area (Å²) in [4.78, 5) is 26.3. The number of carbonyl (C=O) groups excluding carboxylic acids is 2. The summed E-state index contributed by atoms with van der Waals surface area (Å²) in [6.07, 6.45) is 1.67. The second kappa shape index (κ2) is 11.7. The van der Waals surface area contributed by atoms with Gasteiger partial charge in [0, 0.05) is 18.4 Å². The number of carbonyl (C=O) groups is 2. The number of amides is 2. The van der Waals surface area contributed by atoms with Crippen LogP contribution in [-0.2, 0) is 14.3 Å². The van der Waals surface area contributed by atoms with Gasteiger partial charge in [-0.25, -0.2) is 9.59 Å². The molecule has 0 fully saturated rings. The van der Waals surface area contributed by atoms with Crippen molar-refractivity contribution in [3.05, 3.63) is 89.7 Å². The summed E-state index contributed by atoms with van der Waals surface area (Å²) in [5, 5.41) is 2.91. The second-order valence-corrected chi connectivity index (χ2v) is 7.69. The Morgan fingerprint density at radius 3 is 2.21 bits per heavy atom. The van der Waals surface area contributed by atoms with Gasteiger partial charge in [0.2, 0.25) is 5.76 Å². The van der Waals surface area contributed by atoms with Gasteiger partial charge in [-0.15, -0.1) is 0 Å². The van der Waals surface area contributed by atoms with Crippen molar-refractivity contribution in [2.75, 3.05) is 30.5 Å². The molecule has 0 spiro atoms. The number of benzene rings is 3. The molecule has 0 unspecified atom stereocenters. The predicted molar refractivity (Wildman–Crippen MR) is 137 cm³/mol. The number of rotatable bonds is 8. The lowest BCUT2D eigenvalue weighted by molar-refractivity contribution is -0.142. The lowest BCUT2D eigenvalue weighted by Crippen LogP contribution is -2.31. The summed E-state index contributed by atoms with van der Waals surface area (Å²) < 4.78 is 10.5. The molecule has 3 rings (SSSR count). The summed E-state index contributed by atoms with van der Waals surface area (Å²) in [6, 6.07) is 23.0. The minimum Gasteiger partial charge on any atom is -0.487 e. The van der Waals surface area contributed by atoms with Crippen molar-refractivity contribution in [1.82, 2.24) is 0 Å². The zero-order chi connectivity index (χ0) is 24.5. The first-order valence-electron chi connectivity index (χ1n) is 11.2. The number of urea groups is 1. The molecule has 0 saturated carbocycles. The van der Waals surface area contributed by atoms with Crippen LogP contribution in [0.5, 0.6) is 0 Å². The van der Waals surface area contributed by atoms with Gasteiger partial charge in [-0.05, 0) is 67.8 Å². The molecule has 0 heterocycles. The SMILES string of the molecule is CCOC(=O)C(=Cc1ccc(-c2cccc(N(C)C(=O)Nc3ccc(C)cc3)c2)cc1)OCC. The minimum absolute atomic E-state index is 0.181. The number of esters is 1. The van der Waals surface area contributed by atoms with E-state index in [2.05, 4.69) is 5.32 Å². The van der Waals surface area contributed by atoms with Crippen LogP contribution in [0.3, 0.4) is 0 Å². The Hall–Kier alpha value is -4.06. The number of anilines is 2. The van der Waals surface area contributed by atoms with Gasteiger partial charge in [-0.3, -0.25) is 4.90 Å². The lowest BCUT2D eigenvalue weighted by atomic mass is 10.0. The van der Waals surface area contributed by atoms with Gasteiger partial charge in [-0.2, -0.15) is 0 Å². The average Bonchev–Trinajstić information content (AvgIpc) is 2.85. The van der Waals surface area contributed by atoms with E-state index >= 15 is 0 Å². The molecule has 0 aliphatic rings. The molecule has 0 aromatic heterocycles. The molecule has 0 atom stereocenters. The van der Waals surface area contributed by atoms with Crippen molar-refractivity contribution >= 4 is 29.5 Å². The Morgan fingerprint density at radius 1 is 0.882 bits per heavy atom. The molecule has 0 bridgehead atoms. The highest BCUT2D eigenvalue weighted by molar-refractivity contribution is 6.01. The zero-order valence-corrected chi connectivity index (χ0v) is 20.0. The maximum atomic E-state index is 12.7. The van der Waals surface area contributed by atoms with Crippen molar-refractivity contribution in [1.29, 1.82) is 0 Å². The standard InChI is InChI=1S/C28H30N2O4/c1-5-33-26(27(31)34-6-2)18-21-12-14-22(15-13-21)23-8-7-9-25(19-23)30(4)28(32)29-24-16-10-20(3)11-17-24/h7-19H,5-6H2,1-4H3,(H,29,32). The van der Waals surface area contributed by atoms with Crippen LogP contribution >= 0.6 is 0 Å². The number of hydrogen-bond donors (Lipinski definition) is 1. The van der Waals surface area contributed by atoms with Gasteiger partial charge >= 0.3 is 12.0 Å². The minimum atomic E-state index is -0.479. The van der Waals surface area contributed by atoms with Gasteiger partial charge in [0.1, 0.15) is 0 Å². The van der Waals surface area contributed by atoms with Crippen molar-refractivity contribution in [2.45, 2.75) is 20.8 Å². The van der Waals surface area contributed by atoms with E-state index in [1.165, 1.54) is 0 Å². The number of nitrogens with zero attached hydrogens (tertiary/aromatic N) is 1. The fraction of sp³-hybridized carbons (Fsp3) is 0.214. The van der Waals surface area contributed by atoms with Gasteiger partial charge in [0.05, 0.1) is 13.2 Å². The fourth-order valence-corrected chi connectivity index (χ4v) is 3.30. The molecule has 3 aromatic rings. The molecule has 176 valence electrons. The van der Waals surface area contributed by atoms with E-state index in [-0.39, 0.29) is 18.4 Å². The number of aryl methyl sites for hydroxylation is 1. The number of hydrogen-bond acceptors (Lipinski definition) is 4. The summed E-state index contributed by atoms with van der Waals surface area (Å²) >= 11 is 0.